The van der Waals surface area contributed by atoms with Crippen LogP contribution in [-0.2, 0) is 0 Å². The second-order valence-corrected chi connectivity index (χ2v) is 2.76. The van der Waals surface area contributed by atoms with E-state index in [2.05, 4.69) is 10.4 Å². The quantitative estimate of drug-likeness (QED) is 0.413. The second kappa shape index (κ2) is 6.07. The van der Waals surface area contributed by atoms with E-state index in [1.54, 1.807) is 11.6 Å². The molecule has 11 heavy (non-hydrogen) atoms. The van der Waals surface area contributed by atoms with Crippen LogP contribution in [0.1, 0.15) is 19.3 Å². The monoisotopic (exact) mass is 155 g/mol. The highest BCUT2D eigenvalue weighted by molar-refractivity contribution is 5.70. The molecule has 0 aromatic rings. The largest absolute Gasteiger partial charge is 0.346 e. The first-order valence-corrected chi connectivity index (χ1v) is 4.33. The topological polar surface area (TPSA) is 45.6 Å². The van der Waals surface area contributed by atoms with E-state index in [-0.39, 0.29) is 0 Å². The lowest BCUT2D eigenvalue weighted by atomic mass is 10.2. The Labute approximate surface area is 67.6 Å². The third-order valence-corrected chi connectivity index (χ3v) is 1.77. The number of allylic oxidation sites excluding steroid dienone is 1. The van der Waals surface area contributed by atoms with E-state index in [0.717, 1.165) is 0 Å². The molecule has 2 heterocycles. The predicted molar refractivity (Wildman–Crippen MR) is 45.1 cm³/mol. The molecule has 0 atom stereocenters. The fourth-order valence-electron chi connectivity index (χ4n) is 1.15. The molecule has 0 radical (unpaired) electrons. The second-order valence-electron chi connectivity index (χ2n) is 2.76. The maximum atomic E-state index is 3.72. The van der Waals surface area contributed by atoms with Gasteiger partial charge in [0.1, 0.15) is 6.20 Å². The highest BCUT2D eigenvalue weighted by Gasteiger charge is 1.97. The van der Waals surface area contributed by atoms with Gasteiger partial charge < -0.3 is 5.32 Å². The van der Waals surface area contributed by atoms with Gasteiger partial charge in [0.2, 0.25) is 0 Å². The van der Waals surface area contributed by atoms with Crippen LogP contribution in [-0.4, -0.2) is 19.3 Å². The molecule has 2 aliphatic heterocycles. The minimum absolute atomic E-state index is 1.38. The maximum Gasteiger partial charge on any atom is 0.121 e. The van der Waals surface area contributed by atoms with Crippen molar-refractivity contribution in [1.29, 1.82) is 0 Å². The third-order valence-electron chi connectivity index (χ3n) is 1.77. The van der Waals surface area contributed by atoms with Gasteiger partial charge in [-0.05, 0) is 19.3 Å². The van der Waals surface area contributed by atoms with E-state index in [4.69, 9.17) is 0 Å². The Morgan fingerprint density at radius 2 is 1.91 bits per heavy atom. The zero-order chi connectivity index (χ0) is 7.78. The summed E-state index contributed by atoms with van der Waals surface area (Å²) in [5.74, 6) is 0. The molecule has 0 bridgehead atoms. The predicted octanol–water partition coefficient (Wildman–Crippen LogP) is -1.20. The Bertz CT molecular complexity index is 115. The fraction of sp³-hybridized carbons (Fsp3) is 0.625. The molecule has 1 fully saturated rings. The highest BCUT2D eigenvalue weighted by Crippen LogP contribution is 1.91. The van der Waals surface area contributed by atoms with Crippen LogP contribution in [0.4, 0.5) is 0 Å². The first-order chi connectivity index (χ1) is 5.50. The molecule has 0 aromatic carbocycles. The molecule has 3 heteroatoms. The van der Waals surface area contributed by atoms with E-state index in [1.165, 1.54) is 32.4 Å². The van der Waals surface area contributed by atoms with Crippen molar-refractivity contribution >= 4 is 6.21 Å². The number of nitrogens with zero attached hydrogens (tertiary/aromatic N) is 1. The smallest absolute Gasteiger partial charge is 0.121 e. The van der Waals surface area contributed by atoms with E-state index in [1.807, 2.05) is 12.3 Å². The standard InChI is InChI=1S/C5H11N.C3H4N2/c1-2-4-6-5-3-1;1-2-4-5-3-1/h6H,1-5H2;1-3H,(H,4,5)/p+2. The normalized spacial score (nSPS) is 21.1. The summed E-state index contributed by atoms with van der Waals surface area (Å²) >= 11 is 0. The lowest BCUT2D eigenvalue weighted by Crippen LogP contribution is -2.85. The summed E-state index contributed by atoms with van der Waals surface area (Å²) in [7, 11) is 0. The number of nitrogens with two attached hydrogens (primary N) is 2. The molecule has 1 saturated heterocycles. The van der Waals surface area contributed by atoms with Crippen molar-refractivity contribution in [3.8, 4) is 0 Å². The van der Waals surface area contributed by atoms with Gasteiger partial charge in [0.15, 0.2) is 0 Å². The summed E-state index contributed by atoms with van der Waals surface area (Å²) in [6, 6.07) is 0. The minimum atomic E-state index is 1.38. The number of hydrogen-bond donors (Lipinski definition) is 2. The molecular weight excluding hydrogens is 138 g/mol. The van der Waals surface area contributed by atoms with Crippen molar-refractivity contribution in [2.24, 2.45) is 5.10 Å². The average molecular weight is 155 g/mol. The molecule has 3 nitrogen and oxygen atoms in total. The van der Waals surface area contributed by atoms with Crippen LogP contribution < -0.4 is 10.7 Å². The average Bonchev–Trinajstić information content (AvgIpc) is 2.64. The van der Waals surface area contributed by atoms with Gasteiger partial charge in [0, 0.05) is 6.08 Å². The zero-order valence-corrected chi connectivity index (χ0v) is 6.87. The Morgan fingerprint density at radius 1 is 1.09 bits per heavy atom. The Morgan fingerprint density at radius 3 is 2.09 bits per heavy atom. The molecule has 0 spiro atoms. The highest BCUT2D eigenvalue weighted by atomic mass is 15.3. The number of rotatable bonds is 0. The van der Waals surface area contributed by atoms with E-state index in [9.17, 15) is 0 Å². The van der Waals surface area contributed by atoms with Gasteiger partial charge in [-0.3, -0.25) is 0 Å². The summed E-state index contributed by atoms with van der Waals surface area (Å²) in [6.45, 7) is 2.75. The van der Waals surface area contributed by atoms with Crippen LogP contribution in [0.2, 0.25) is 0 Å². The third kappa shape index (κ3) is 4.70. The summed E-state index contributed by atoms with van der Waals surface area (Å²) in [4.78, 5) is 0. The Balaban J connectivity index is 0.000000112. The number of piperidine rings is 1. The minimum Gasteiger partial charge on any atom is -0.346 e. The van der Waals surface area contributed by atoms with Crippen LogP contribution in [0.25, 0.3) is 0 Å². The first-order valence-electron chi connectivity index (χ1n) is 4.33. The molecule has 62 valence electrons. The van der Waals surface area contributed by atoms with Gasteiger partial charge >= 0.3 is 0 Å². The van der Waals surface area contributed by atoms with Crippen LogP contribution in [0.15, 0.2) is 17.4 Å². The molecule has 2 aliphatic rings. The van der Waals surface area contributed by atoms with Gasteiger partial charge in [-0.25, -0.2) is 0 Å². The summed E-state index contributed by atoms with van der Waals surface area (Å²) in [6.07, 6.45) is 9.89. The molecule has 2 rings (SSSR count). The Hall–Kier alpha value is -0.670. The molecule has 0 unspecified atom stereocenters. The van der Waals surface area contributed by atoms with Crippen LogP contribution >= 0.6 is 0 Å². The van der Waals surface area contributed by atoms with Crippen molar-refractivity contribution in [3.63, 3.8) is 0 Å². The van der Waals surface area contributed by atoms with Crippen LogP contribution in [0.5, 0.6) is 0 Å². The number of hydrogen-bond acceptors (Lipinski definition) is 1. The van der Waals surface area contributed by atoms with Crippen molar-refractivity contribution in [2.75, 3.05) is 13.1 Å². The van der Waals surface area contributed by atoms with Crippen molar-refractivity contribution in [3.05, 3.63) is 12.3 Å². The SMILES string of the molecule is C1=C[NH2+]N=C1.C1CC[NH2+]CC1. The van der Waals surface area contributed by atoms with E-state index in [0.29, 0.717) is 0 Å². The van der Waals surface area contributed by atoms with Crippen LogP contribution in [0, 0.1) is 0 Å². The molecule has 0 amide bonds. The molecule has 0 saturated carbocycles. The lowest BCUT2D eigenvalue weighted by molar-refractivity contribution is -0.662. The van der Waals surface area contributed by atoms with Crippen molar-refractivity contribution in [1.82, 2.24) is 0 Å². The Kier molecular flexibility index (Phi) is 4.65. The van der Waals surface area contributed by atoms with Gasteiger partial charge in [-0.2, -0.15) is 5.43 Å². The van der Waals surface area contributed by atoms with Crippen molar-refractivity contribution < 1.29 is 10.7 Å². The molecule has 0 aromatic heterocycles. The van der Waals surface area contributed by atoms with Gasteiger partial charge in [0.05, 0.1) is 19.3 Å². The zero-order valence-electron chi connectivity index (χ0n) is 6.87. The molecular formula is C8H17N3+2. The molecule has 4 N–H and O–H groups in total. The summed E-state index contributed by atoms with van der Waals surface area (Å²) in [5.41, 5.74) is 1.75. The number of quaternary nitrogens is 2. The first kappa shape index (κ1) is 8.43. The summed E-state index contributed by atoms with van der Waals surface area (Å²) in [5, 5.41) is 6.11. The van der Waals surface area contributed by atoms with Gasteiger partial charge in [0.25, 0.3) is 0 Å². The van der Waals surface area contributed by atoms with Gasteiger partial charge in [-0.1, -0.05) is 5.10 Å². The maximum absolute atomic E-state index is 3.72. The summed E-state index contributed by atoms with van der Waals surface area (Å²) < 4.78 is 0. The van der Waals surface area contributed by atoms with Crippen molar-refractivity contribution in [2.45, 2.75) is 19.3 Å². The molecule has 0 aliphatic carbocycles. The van der Waals surface area contributed by atoms with E-state index < -0.39 is 0 Å². The fourth-order valence-corrected chi connectivity index (χ4v) is 1.15. The van der Waals surface area contributed by atoms with Crippen LogP contribution in [0.3, 0.4) is 0 Å². The van der Waals surface area contributed by atoms with Gasteiger partial charge in [-0.15, -0.1) is 0 Å². The van der Waals surface area contributed by atoms with E-state index >= 15 is 0 Å². The lowest BCUT2D eigenvalue weighted by Gasteiger charge is -2.05.